The summed E-state index contributed by atoms with van der Waals surface area (Å²) in [6.07, 6.45) is 0.983. The Morgan fingerprint density at radius 1 is 1.31 bits per heavy atom. The molecule has 0 unspecified atom stereocenters. The highest BCUT2D eigenvalue weighted by Crippen LogP contribution is 2.29. The maximum atomic E-state index is 13.4. The molecule has 0 aliphatic carbocycles. The lowest BCUT2D eigenvalue weighted by Gasteiger charge is -2.05. The summed E-state index contributed by atoms with van der Waals surface area (Å²) < 4.78 is 26.7. The minimum absolute atomic E-state index is 0.0120. The van der Waals surface area contributed by atoms with E-state index in [1.165, 1.54) is 0 Å². The van der Waals surface area contributed by atoms with Gasteiger partial charge < -0.3 is 5.11 Å². The summed E-state index contributed by atoms with van der Waals surface area (Å²) in [6, 6.07) is 1.87. The van der Waals surface area contributed by atoms with E-state index in [0.29, 0.717) is 0 Å². The van der Waals surface area contributed by atoms with Crippen molar-refractivity contribution in [1.29, 1.82) is 0 Å². The summed E-state index contributed by atoms with van der Waals surface area (Å²) in [5, 5.41) is 8.63. The van der Waals surface area contributed by atoms with Crippen LogP contribution in [0.15, 0.2) is 22.8 Å². The molecule has 1 aromatic heterocycles. The molecule has 0 aliphatic heterocycles. The van der Waals surface area contributed by atoms with Crippen molar-refractivity contribution in [2.24, 2.45) is 0 Å². The largest absolute Gasteiger partial charge is 0.478 e. The molecule has 0 radical (unpaired) electrons. The first-order valence-corrected chi connectivity index (χ1v) is 4.97. The number of carboxylic acids is 1. The van der Waals surface area contributed by atoms with E-state index in [0.717, 1.165) is 18.3 Å². The topological polar surface area (TPSA) is 50.2 Å². The number of carboxylic acid groups (broad SMARTS) is 1. The first-order chi connectivity index (χ1) is 7.52. The number of fused-ring (bicyclic) bond motifs is 1. The molecule has 0 saturated heterocycles. The van der Waals surface area contributed by atoms with Crippen molar-refractivity contribution in [2.45, 2.75) is 0 Å². The maximum Gasteiger partial charge on any atom is 0.338 e. The Balaban J connectivity index is 2.94. The van der Waals surface area contributed by atoms with Crippen LogP contribution in [0, 0.1) is 11.6 Å². The summed E-state index contributed by atoms with van der Waals surface area (Å²) in [4.78, 5) is 14.4. The van der Waals surface area contributed by atoms with Crippen molar-refractivity contribution in [1.82, 2.24) is 4.98 Å². The van der Waals surface area contributed by atoms with Crippen molar-refractivity contribution >= 4 is 32.8 Å². The van der Waals surface area contributed by atoms with Crippen molar-refractivity contribution in [2.75, 3.05) is 0 Å². The number of hydrogen-bond acceptors (Lipinski definition) is 2. The Kier molecular flexibility index (Phi) is 2.59. The fraction of sp³-hybridized carbons (Fsp3) is 0. The highest BCUT2D eigenvalue weighted by molar-refractivity contribution is 9.10. The fourth-order valence-corrected chi connectivity index (χ4v) is 1.99. The highest BCUT2D eigenvalue weighted by atomic mass is 79.9. The zero-order valence-electron chi connectivity index (χ0n) is 7.67. The molecule has 0 atom stereocenters. The van der Waals surface area contributed by atoms with E-state index in [1.54, 1.807) is 0 Å². The molecule has 1 aromatic carbocycles. The van der Waals surface area contributed by atoms with E-state index in [9.17, 15) is 13.6 Å². The fourth-order valence-electron chi connectivity index (χ4n) is 1.35. The third-order valence-electron chi connectivity index (χ3n) is 2.09. The standard InChI is InChI=1S/C10H4BrF2NO2/c11-8-4(10(15)16)3-14-9-6(13)2-1-5(12)7(8)9/h1-3H,(H,15,16). The van der Waals surface area contributed by atoms with Gasteiger partial charge in [0, 0.05) is 10.7 Å². The van der Waals surface area contributed by atoms with Gasteiger partial charge in [-0.1, -0.05) is 0 Å². The number of nitrogens with zero attached hydrogens (tertiary/aromatic N) is 1. The minimum Gasteiger partial charge on any atom is -0.478 e. The number of pyridine rings is 1. The Labute approximate surface area is 96.9 Å². The second kappa shape index (κ2) is 3.79. The van der Waals surface area contributed by atoms with E-state index >= 15 is 0 Å². The van der Waals surface area contributed by atoms with E-state index in [-0.39, 0.29) is 20.9 Å². The smallest absolute Gasteiger partial charge is 0.338 e. The predicted molar refractivity (Wildman–Crippen MR) is 56.3 cm³/mol. The third kappa shape index (κ3) is 1.55. The predicted octanol–water partition coefficient (Wildman–Crippen LogP) is 2.97. The average Bonchev–Trinajstić information content (AvgIpc) is 2.23. The van der Waals surface area contributed by atoms with Gasteiger partial charge in [-0.2, -0.15) is 0 Å². The highest BCUT2D eigenvalue weighted by Gasteiger charge is 2.17. The van der Waals surface area contributed by atoms with Gasteiger partial charge in [0.05, 0.1) is 10.9 Å². The van der Waals surface area contributed by atoms with E-state index < -0.39 is 17.6 Å². The van der Waals surface area contributed by atoms with Crippen LogP contribution in [0.4, 0.5) is 8.78 Å². The molecule has 2 aromatic rings. The summed E-state index contributed by atoms with van der Waals surface area (Å²) in [7, 11) is 0. The minimum atomic E-state index is -1.26. The van der Waals surface area contributed by atoms with Crippen LogP contribution in [0.3, 0.4) is 0 Å². The summed E-state index contributed by atoms with van der Waals surface area (Å²) in [6.45, 7) is 0. The van der Waals surface area contributed by atoms with Crippen LogP contribution in [0.5, 0.6) is 0 Å². The SMILES string of the molecule is O=C(O)c1cnc2c(F)ccc(F)c2c1Br. The molecule has 16 heavy (non-hydrogen) atoms. The van der Waals surface area contributed by atoms with Crippen molar-refractivity contribution in [3.05, 3.63) is 40.0 Å². The molecule has 0 saturated carbocycles. The van der Waals surface area contributed by atoms with E-state index in [1.807, 2.05) is 0 Å². The lowest BCUT2D eigenvalue weighted by atomic mass is 10.1. The van der Waals surface area contributed by atoms with Crippen LogP contribution < -0.4 is 0 Å². The number of aromatic carboxylic acids is 1. The van der Waals surface area contributed by atoms with Gasteiger partial charge in [-0.05, 0) is 28.1 Å². The molecular formula is C10H4BrF2NO2. The van der Waals surface area contributed by atoms with Crippen LogP contribution in [-0.2, 0) is 0 Å². The molecule has 0 amide bonds. The average molecular weight is 288 g/mol. The Hall–Kier alpha value is -1.56. The molecule has 1 N–H and O–H groups in total. The third-order valence-corrected chi connectivity index (χ3v) is 2.91. The van der Waals surface area contributed by atoms with Gasteiger partial charge in [0.1, 0.15) is 17.2 Å². The van der Waals surface area contributed by atoms with Gasteiger partial charge in [-0.3, -0.25) is 4.98 Å². The molecule has 2 rings (SSSR count). The zero-order valence-corrected chi connectivity index (χ0v) is 9.25. The molecule has 0 bridgehead atoms. The summed E-state index contributed by atoms with van der Waals surface area (Å²) in [5.41, 5.74) is -0.408. The number of hydrogen-bond donors (Lipinski definition) is 1. The van der Waals surface area contributed by atoms with Crippen molar-refractivity contribution < 1.29 is 18.7 Å². The van der Waals surface area contributed by atoms with Crippen LogP contribution in [0.25, 0.3) is 10.9 Å². The number of rotatable bonds is 1. The lowest BCUT2D eigenvalue weighted by Crippen LogP contribution is -2.01. The molecule has 82 valence electrons. The molecule has 1 heterocycles. The monoisotopic (exact) mass is 287 g/mol. The second-order valence-corrected chi connectivity index (χ2v) is 3.84. The molecule has 0 fully saturated rings. The normalized spacial score (nSPS) is 10.7. The Morgan fingerprint density at radius 3 is 2.56 bits per heavy atom. The van der Waals surface area contributed by atoms with Gasteiger partial charge in [0.2, 0.25) is 0 Å². The van der Waals surface area contributed by atoms with Gasteiger partial charge in [0.25, 0.3) is 0 Å². The summed E-state index contributed by atoms with van der Waals surface area (Å²) >= 11 is 2.94. The maximum absolute atomic E-state index is 13.4. The first-order valence-electron chi connectivity index (χ1n) is 4.18. The number of aromatic nitrogens is 1. The quantitative estimate of drug-likeness (QED) is 0.877. The molecule has 6 heteroatoms. The van der Waals surface area contributed by atoms with Crippen molar-refractivity contribution in [3.8, 4) is 0 Å². The zero-order chi connectivity index (χ0) is 11.9. The van der Waals surface area contributed by atoms with E-state index in [2.05, 4.69) is 20.9 Å². The van der Waals surface area contributed by atoms with Gasteiger partial charge >= 0.3 is 5.97 Å². The van der Waals surface area contributed by atoms with E-state index in [4.69, 9.17) is 5.11 Å². The summed E-state index contributed by atoms with van der Waals surface area (Å²) in [5.74, 6) is -2.68. The Morgan fingerprint density at radius 2 is 1.94 bits per heavy atom. The van der Waals surface area contributed by atoms with Crippen molar-refractivity contribution in [3.63, 3.8) is 0 Å². The number of carbonyl (C=O) groups is 1. The van der Waals surface area contributed by atoms with Gasteiger partial charge in [-0.15, -0.1) is 0 Å². The molecule has 3 nitrogen and oxygen atoms in total. The van der Waals surface area contributed by atoms with Crippen LogP contribution in [0.1, 0.15) is 10.4 Å². The second-order valence-electron chi connectivity index (χ2n) is 3.04. The molecule has 0 aliphatic rings. The number of benzene rings is 1. The first kappa shape index (κ1) is 10.9. The number of halogens is 3. The van der Waals surface area contributed by atoms with Crippen LogP contribution in [-0.4, -0.2) is 16.1 Å². The lowest BCUT2D eigenvalue weighted by molar-refractivity contribution is 0.0695. The van der Waals surface area contributed by atoms with Gasteiger partial charge in [-0.25, -0.2) is 13.6 Å². The molecule has 0 spiro atoms. The van der Waals surface area contributed by atoms with Gasteiger partial charge in [0.15, 0.2) is 0 Å². The molecular weight excluding hydrogens is 284 g/mol. The van der Waals surface area contributed by atoms with Crippen LogP contribution in [0.2, 0.25) is 0 Å². The Bertz CT molecular complexity index is 601. The van der Waals surface area contributed by atoms with Crippen LogP contribution >= 0.6 is 15.9 Å².